The zero-order valence-corrected chi connectivity index (χ0v) is 35.9. The predicted molar refractivity (Wildman–Crippen MR) is 233 cm³/mol. The topological polar surface area (TPSA) is 170 Å². The fourth-order valence-corrected chi connectivity index (χ4v) is 10.2. The highest BCUT2D eigenvalue weighted by atomic mass is 35.5. The van der Waals surface area contributed by atoms with E-state index in [2.05, 4.69) is 36.4 Å². The van der Waals surface area contributed by atoms with Crippen LogP contribution in [0.4, 0.5) is 17.1 Å². The molecule has 0 radical (unpaired) electrons. The number of fused-ring (bicyclic) bond motifs is 4. The van der Waals surface area contributed by atoms with Gasteiger partial charge in [0.1, 0.15) is 17.9 Å². The number of anilines is 3. The summed E-state index contributed by atoms with van der Waals surface area (Å²) >= 11 is 12.8. The van der Waals surface area contributed by atoms with E-state index in [1.807, 2.05) is 24.3 Å². The number of rotatable bonds is 13. The van der Waals surface area contributed by atoms with E-state index in [1.165, 1.54) is 13.3 Å². The van der Waals surface area contributed by atoms with Gasteiger partial charge in [0.05, 0.1) is 64.5 Å². The van der Waals surface area contributed by atoms with Gasteiger partial charge in [0.15, 0.2) is 11.5 Å². The van der Waals surface area contributed by atoms with E-state index in [0.717, 1.165) is 75.5 Å². The number of carbonyl (C=O) groups is 4. The van der Waals surface area contributed by atoms with Crippen molar-refractivity contribution in [2.24, 2.45) is 5.92 Å². The Bertz CT molecular complexity index is 2510. The Kier molecular flexibility index (Phi) is 11.6. The van der Waals surface area contributed by atoms with Crippen molar-refractivity contribution in [3.8, 4) is 23.3 Å². The molecule has 4 aromatic rings. The Labute approximate surface area is 368 Å². The number of piperazine rings is 1. The average Bonchev–Trinajstić information content (AvgIpc) is 3.51. The molecule has 62 heavy (non-hydrogen) atoms. The summed E-state index contributed by atoms with van der Waals surface area (Å²) in [5.74, 6) is 0.217. The summed E-state index contributed by atoms with van der Waals surface area (Å²) in [7, 11) is 3.10. The van der Waals surface area contributed by atoms with Gasteiger partial charge in [-0.1, -0.05) is 23.2 Å². The second-order valence-corrected chi connectivity index (χ2v) is 17.4. The molecule has 15 nitrogen and oxygen atoms in total. The van der Waals surface area contributed by atoms with Crippen molar-refractivity contribution in [1.29, 1.82) is 5.26 Å². The van der Waals surface area contributed by atoms with E-state index in [0.29, 0.717) is 90.9 Å². The number of imide groups is 2. The van der Waals surface area contributed by atoms with Gasteiger partial charge in [-0.2, -0.15) is 5.26 Å². The number of hydrogen-bond acceptors (Lipinski definition) is 13. The Hall–Kier alpha value is -5.66. The van der Waals surface area contributed by atoms with Crippen LogP contribution in [0.5, 0.6) is 17.2 Å². The van der Waals surface area contributed by atoms with Crippen LogP contribution in [0.15, 0.2) is 48.7 Å². The Morgan fingerprint density at radius 3 is 2.37 bits per heavy atom. The number of ether oxygens (including phenoxy) is 3. The monoisotopic (exact) mass is 880 g/mol. The molecule has 1 aromatic heterocycles. The standard InChI is InChI=1S/C45H46Cl2N8O7/c1-60-38-19-36(33(46)17-34(38)47)50-42-26(20-48)21-49-35-18-40(39(61-2)16-32(35)42)62-13-3-10-52-11-8-25(9-12-52)22-53-23-28-14-29(24-53)54(28)27-4-5-30-31(15-27)45(59)55(44(30)58)37-6-7-41(56)51-43(37)57/h4-5,15-19,21,25,28-29,37H,3,6-14,22-24H2,1-2H3,(H,49,50)(H,51,56,57). The molecule has 5 saturated heterocycles. The largest absolute Gasteiger partial charge is 0.495 e. The molecule has 322 valence electrons. The van der Waals surface area contributed by atoms with Gasteiger partial charge in [-0.15, -0.1) is 0 Å². The Morgan fingerprint density at radius 1 is 0.887 bits per heavy atom. The third kappa shape index (κ3) is 7.85. The molecule has 0 spiro atoms. The lowest BCUT2D eigenvalue weighted by Gasteiger charge is -2.58. The highest BCUT2D eigenvalue weighted by Crippen LogP contribution is 2.42. The number of nitriles is 1. The quantitative estimate of drug-likeness (QED) is 0.118. The summed E-state index contributed by atoms with van der Waals surface area (Å²) in [4.78, 5) is 63.8. The third-order valence-electron chi connectivity index (χ3n) is 12.9. The van der Waals surface area contributed by atoms with Gasteiger partial charge in [0.2, 0.25) is 11.8 Å². The van der Waals surface area contributed by atoms with E-state index in [4.69, 9.17) is 37.4 Å². The van der Waals surface area contributed by atoms with Crippen LogP contribution in [-0.4, -0.2) is 122 Å². The van der Waals surface area contributed by atoms with Crippen molar-refractivity contribution in [2.75, 3.05) is 70.3 Å². The molecule has 5 fully saturated rings. The molecular weight excluding hydrogens is 835 g/mol. The van der Waals surface area contributed by atoms with Crippen LogP contribution in [0.1, 0.15) is 64.8 Å². The number of piperidine rings is 3. The number of nitrogens with zero attached hydrogens (tertiary/aromatic N) is 6. The minimum atomic E-state index is -0.971. The van der Waals surface area contributed by atoms with Crippen LogP contribution in [0.2, 0.25) is 10.0 Å². The molecule has 17 heteroatoms. The number of hydrogen-bond donors (Lipinski definition) is 2. The lowest BCUT2D eigenvalue weighted by atomic mass is 9.85. The summed E-state index contributed by atoms with van der Waals surface area (Å²) in [6.45, 7) is 6.49. The maximum Gasteiger partial charge on any atom is 0.262 e. The number of nitrogens with one attached hydrogen (secondary N) is 2. The number of aromatic nitrogens is 1. The SMILES string of the molecule is COc1cc(Nc2c(C#N)cnc3cc(OCCCN4CCC(CN5CC6CC(C5)N6c5ccc6c(c5)C(=O)N(C5CCC(=O)NC5=O)C6=O)CC4)c(OC)cc23)c(Cl)cc1Cl. The minimum absolute atomic E-state index is 0.0934. The molecule has 0 aliphatic carbocycles. The molecule has 7 heterocycles. The van der Waals surface area contributed by atoms with Crippen molar-refractivity contribution in [3.63, 3.8) is 0 Å². The van der Waals surface area contributed by atoms with E-state index in [1.54, 1.807) is 25.3 Å². The van der Waals surface area contributed by atoms with Crippen LogP contribution in [0.25, 0.3) is 10.9 Å². The van der Waals surface area contributed by atoms with Crippen molar-refractivity contribution in [1.82, 2.24) is 25.0 Å². The molecule has 3 unspecified atom stereocenters. The smallest absolute Gasteiger partial charge is 0.262 e. The Morgan fingerprint density at radius 2 is 1.65 bits per heavy atom. The van der Waals surface area contributed by atoms with Crippen molar-refractivity contribution >= 4 is 74.8 Å². The molecule has 2 N–H and O–H groups in total. The zero-order chi connectivity index (χ0) is 43.2. The first-order chi connectivity index (χ1) is 30.0. The summed E-state index contributed by atoms with van der Waals surface area (Å²) in [5.41, 5.74) is 3.56. The van der Waals surface area contributed by atoms with Crippen LogP contribution >= 0.6 is 23.2 Å². The molecular formula is C45H46Cl2N8O7. The van der Waals surface area contributed by atoms with Crippen molar-refractivity contribution in [2.45, 2.75) is 56.7 Å². The minimum Gasteiger partial charge on any atom is -0.495 e. The van der Waals surface area contributed by atoms with Gasteiger partial charge in [-0.25, -0.2) is 0 Å². The summed E-state index contributed by atoms with van der Waals surface area (Å²) in [5, 5.41) is 16.9. The van der Waals surface area contributed by atoms with Crippen LogP contribution in [0, 0.1) is 17.2 Å². The molecule has 0 saturated carbocycles. The molecule has 4 amide bonds. The number of benzene rings is 3. The first-order valence-corrected chi connectivity index (χ1v) is 21.7. The normalized spacial score (nSPS) is 21.7. The van der Waals surface area contributed by atoms with E-state index in [9.17, 15) is 24.4 Å². The van der Waals surface area contributed by atoms with Gasteiger partial charge in [-0.3, -0.25) is 39.3 Å². The number of carbonyl (C=O) groups excluding carboxylic acids is 4. The van der Waals surface area contributed by atoms with Crippen molar-refractivity contribution < 1.29 is 33.4 Å². The van der Waals surface area contributed by atoms with Gasteiger partial charge in [0.25, 0.3) is 11.8 Å². The number of pyridine rings is 1. The van der Waals surface area contributed by atoms with Gasteiger partial charge in [-0.05, 0) is 81.4 Å². The fourth-order valence-electron chi connectivity index (χ4n) is 9.72. The number of likely N-dealkylation sites (tertiary alicyclic amines) is 1. The van der Waals surface area contributed by atoms with Gasteiger partial charge >= 0.3 is 0 Å². The highest BCUT2D eigenvalue weighted by molar-refractivity contribution is 6.37. The summed E-state index contributed by atoms with van der Waals surface area (Å²) < 4.78 is 17.3. The van der Waals surface area contributed by atoms with E-state index < -0.39 is 23.8 Å². The third-order valence-corrected chi connectivity index (χ3v) is 13.5. The average molecular weight is 882 g/mol. The second kappa shape index (κ2) is 17.2. The van der Waals surface area contributed by atoms with Gasteiger partial charge < -0.3 is 29.3 Å². The van der Waals surface area contributed by atoms with E-state index >= 15 is 0 Å². The van der Waals surface area contributed by atoms with Crippen LogP contribution in [0.3, 0.4) is 0 Å². The summed E-state index contributed by atoms with van der Waals surface area (Å²) in [6.07, 6.45) is 5.97. The van der Waals surface area contributed by atoms with Crippen LogP contribution in [-0.2, 0) is 9.59 Å². The first-order valence-electron chi connectivity index (χ1n) is 21.0. The second-order valence-electron chi connectivity index (χ2n) is 16.6. The maximum atomic E-state index is 13.4. The lowest BCUT2D eigenvalue weighted by Crippen LogP contribution is -2.69. The zero-order valence-electron chi connectivity index (χ0n) is 34.4. The summed E-state index contributed by atoms with van der Waals surface area (Å²) in [6, 6.07) is 14.3. The highest BCUT2D eigenvalue weighted by Gasteiger charge is 2.48. The van der Waals surface area contributed by atoms with Crippen LogP contribution < -0.4 is 29.7 Å². The molecule has 10 rings (SSSR count). The molecule has 3 aromatic carbocycles. The van der Waals surface area contributed by atoms with Crippen molar-refractivity contribution in [3.05, 3.63) is 75.4 Å². The van der Waals surface area contributed by atoms with E-state index in [-0.39, 0.29) is 18.7 Å². The predicted octanol–water partition coefficient (Wildman–Crippen LogP) is 6.02. The first kappa shape index (κ1) is 41.7. The number of halogens is 2. The molecule has 6 aliphatic rings. The number of amides is 4. The molecule has 3 atom stereocenters. The van der Waals surface area contributed by atoms with Gasteiger partial charge in [0, 0.05) is 74.1 Å². The fraction of sp³-hybridized carbons (Fsp3) is 0.422. The molecule has 2 bridgehead atoms. The lowest BCUT2D eigenvalue weighted by molar-refractivity contribution is -0.136. The number of methoxy groups -OCH3 is 2. The Balaban J connectivity index is 0.744. The maximum absolute atomic E-state index is 13.4. The molecule has 6 aliphatic heterocycles.